The summed E-state index contributed by atoms with van der Waals surface area (Å²) >= 11 is 0. The number of aliphatic hydroxyl groups is 2. The van der Waals surface area contributed by atoms with Crippen LogP contribution in [-0.2, 0) is 0 Å². The third-order valence-corrected chi connectivity index (χ3v) is 3.46. The standard InChI is InChI=1S/C18H26O4/c1-17(2,21)11-9-15(19)13-5-7-14(8-6-13)16(20)10-12-18(3,4)22/h5-8,21-22H,9-12H2,1-4H3. The molecule has 0 aliphatic rings. The molecular formula is C18H26O4. The van der Waals surface area contributed by atoms with Gasteiger partial charge in [0, 0.05) is 24.0 Å². The van der Waals surface area contributed by atoms with E-state index in [2.05, 4.69) is 0 Å². The van der Waals surface area contributed by atoms with E-state index in [4.69, 9.17) is 0 Å². The highest BCUT2D eigenvalue weighted by Gasteiger charge is 2.17. The van der Waals surface area contributed by atoms with E-state index in [-0.39, 0.29) is 24.4 Å². The molecule has 0 aliphatic carbocycles. The smallest absolute Gasteiger partial charge is 0.162 e. The van der Waals surface area contributed by atoms with Crippen LogP contribution in [0.25, 0.3) is 0 Å². The lowest BCUT2D eigenvalue weighted by Gasteiger charge is -2.16. The summed E-state index contributed by atoms with van der Waals surface area (Å²) in [6.45, 7) is 6.69. The van der Waals surface area contributed by atoms with Gasteiger partial charge in [-0.3, -0.25) is 9.59 Å². The van der Waals surface area contributed by atoms with Crippen molar-refractivity contribution in [1.82, 2.24) is 0 Å². The number of hydrogen-bond acceptors (Lipinski definition) is 4. The second-order valence-electron chi connectivity index (χ2n) is 7.05. The molecule has 2 N–H and O–H groups in total. The summed E-state index contributed by atoms with van der Waals surface area (Å²) in [6.07, 6.45) is 1.35. The van der Waals surface area contributed by atoms with E-state index >= 15 is 0 Å². The van der Waals surface area contributed by atoms with E-state index in [0.717, 1.165) is 0 Å². The van der Waals surface area contributed by atoms with Crippen LogP contribution in [0.5, 0.6) is 0 Å². The van der Waals surface area contributed by atoms with Crippen molar-refractivity contribution >= 4 is 11.6 Å². The molecule has 0 fully saturated rings. The molecule has 0 saturated carbocycles. The molecule has 0 atom stereocenters. The van der Waals surface area contributed by atoms with Gasteiger partial charge in [-0.25, -0.2) is 0 Å². The predicted octanol–water partition coefficient (Wildman–Crippen LogP) is 3.15. The molecule has 122 valence electrons. The number of carbonyl (C=O) groups excluding carboxylic acids is 2. The molecule has 0 aromatic heterocycles. The van der Waals surface area contributed by atoms with Crippen molar-refractivity contribution < 1.29 is 19.8 Å². The topological polar surface area (TPSA) is 74.6 Å². The summed E-state index contributed by atoms with van der Waals surface area (Å²) in [6, 6.07) is 6.57. The van der Waals surface area contributed by atoms with Gasteiger partial charge in [0.25, 0.3) is 0 Å². The lowest BCUT2D eigenvalue weighted by Crippen LogP contribution is -2.20. The van der Waals surface area contributed by atoms with Crippen LogP contribution < -0.4 is 0 Å². The van der Waals surface area contributed by atoms with Crippen LogP contribution in [0.15, 0.2) is 24.3 Å². The molecule has 4 heteroatoms. The van der Waals surface area contributed by atoms with Gasteiger partial charge < -0.3 is 10.2 Å². The van der Waals surface area contributed by atoms with Crippen LogP contribution in [0.3, 0.4) is 0 Å². The quantitative estimate of drug-likeness (QED) is 0.723. The van der Waals surface area contributed by atoms with Gasteiger partial charge in [0.05, 0.1) is 11.2 Å². The molecule has 0 bridgehead atoms. The Hall–Kier alpha value is -1.52. The summed E-state index contributed by atoms with van der Waals surface area (Å²) in [5, 5.41) is 19.3. The van der Waals surface area contributed by atoms with E-state index in [0.29, 0.717) is 24.0 Å². The van der Waals surface area contributed by atoms with Crippen molar-refractivity contribution in [3.8, 4) is 0 Å². The van der Waals surface area contributed by atoms with E-state index in [1.807, 2.05) is 0 Å². The Morgan fingerprint density at radius 1 is 0.773 bits per heavy atom. The van der Waals surface area contributed by atoms with Crippen molar-refractivity contribution in [2.75, 3.05) is 0 Å². The van der Waals surface area contributed by atoms with E-state index < -0.39 is 11.2 Å². The van der Waals surface area contributed by atoms with E-state index in [1.54, 1.807) is 52.0 Å². The van der Waals surface area contributed by atoms with Gasteiger partial charge in [-0.2, -0.15) is 0 Å². The number of benzene rings is 1. The molecule has 0 amide bonds. The monoisotopic (exact) mass is 306 g/mol. The first kappa shape index (κ1) is 18.5. The minimum Gasteiger partial charge on any atom is -0.390 e. The van der Waals surface area contributed by atoms with Crippen molar-refractivity contribution in [3.05, 3.63) is 35.4 Å². The molecule has 0 unspecified atom stereocenters. The number of hydrogen-bond donors (Lipinski definition) is 2. The summed E-state index contributed by atoms with van der Waals surface area (Å²) in [5.41, 5.74) is -0.628. The summed E-state index contributed by atoms with van der Waals surface area (Å²) in [4.78, 5) is 24.0. The highest BCUT2D eigenvalue weighted by molar-refractivity contribution is 5.99. The Balaban J connectivity index is 2.62. The normalized spacial score (nSPS) is 12.3. The maximum atomic E-state index is 12.0. The Labute approximate surface area is 132 Å². The minimum absolute atomic E-state index is 0.0439. The largest absolute Gasteiger partial charge is 0.390 e. The molecule has 1 aromatic rings. The Kier molecular flexibility index (Phi) is 6.03. The fraction of sp³-hybridized carbons (Fsp3) is 0.556. The fourth-order valence-electron chi connectivity index (χ4n) is 1.97. The zero-order valence-corrected chi connectivity index (χ0v) is 13.8. The number of rotatable bonds is 8. The molecule has 0 aliphatic heterocycles. The van der Waals surface area contributed by atoms with Gasteiger partial charge in [0.15, 0.2) is 11.6 Å². The van der Waals surface area contributed by atoms with Crippen LogP contribution in [0.4, 0.5) is 0 Å². The zero-order chi connectivity index (χ0) is 17.0. The van der Waals surface area contributed by atoms with Gasteiger partial charge in [-0.05, 0) is 40.5 Å². The maximum Gasteiger partial charge on any atom is 0.162 e. The highest BCUT2D eigenvalue weighted by Crippen LogP contribution is 2.17. The first-order valence-corrected chi connectivity index (χ1v) is 7.59. The summed E-state index contributed by atoms with van der Waals surface area (Å²) in [5.74, 6) is -0.0877. The third-order valence-electron chi connectivity index (χ3n) is 3.46. The zero-order valence-electron chi connectivity index (χ0n) is 13.8. The molecule has 0 radical (unpaired) electrons. The van der Waals surface area contributed by atoms with Crippen molar-refractivity contribution in [2.24, 2.45) is 0 Å². The van der Waals surface area contributed by atoms with Gasteiger partial charge in [0.2, 0.25) is 0 Å². The maximum absolute atomic E-state index is 12.0. The van der Waals surface area contributed by atoms with Crippen LogP contribution >= 0.6 is 0 Å². The van der Waals surface area contributed by atoms with E-state index in [1.165, 1.54) is 0 Å². The lowest BCUT2D eigenvalue weighted by molar-refractivity contribution is 0.0631. The summed E-state index contributed by atoms with van der Waals surface area (Å²) in [7, 11) is 0. The fourth-order valence-corrected chi connectivity index (χ4v) is 1.97. The van der Waals surface area contributed by atoms with Crippen LogP contribution in [0.1, 0.15) is 74.1 Å². The number of carbonyl (C=O) groups is 2. The number of ketones is 2. The van der Waals surface area contributed by atoms with Crippen molar-refractivity contribution in [1.29, 1.82) is 0 Å². The predicted molar refractivity (Wildman–Crippen MR) is 86.2 cm³/mol. The molecule has 1 aromatic carbocycles. The molecule has 0 saturated heterocycles. The Bertz CT molecular complexity index is 467. The molecule has 0 spiro atoms. The molecule has 4 nitrogen and oxygen atoms in total. The van der Waals surface area contributed by atoms with Gasteiger partial charge >= 0.3 is 0 Å². The average molecular weight is 306 g/mol. The van der Waals surface area contributed by atoms with Gasteiger partial charge in [-0.15, -0.1) is 0 Å². The Morgan fingerprint density at radius 3 is 1.27 bits per heavy atom. The molecule has 1 rings (SSSR count). The SMILES string of the molecule is CC(C)(O)CCC(=O)c1ccc(C(=O)CCC(C)(C)O)cc1. The first-order chi connectivity index (χ1) is 9.98. The highest BCUT2D eigenvalue weighted by atomic mass is 16.3. The average Bonchev–Trinajstić information content (AvgIpc) is 2.40. The van der Waals surface area contributed by atoms with Crippen LogP contribution in [0.2, 0.25) is 0 Å². The second kappa shape index (κ2) is 7.16. The Morgan fingerprint density at radius 2 is 1.05 bits per heavy atom. The molecule has 22 heavy (non-hydrogen) atoms. The van der Waals surface area contributed by atoms with E-state index in [9.17, 15) is 19.8 Å². The van der Waals surface area contributed by atoms with Gasteiger partial charge in [-0.1, -0.05) is 24.3 Å². The van der Waals surface area contributed by atoms with Crippen molar-refractivity contribution in [3.63, 3.8) is 0 Å². The number of Topliss-reactive ketones (excluding diaryl/α,β-unsaturated/α-hetero) is 2. The first-order valence-electron chi connectivity index (χ1n) is 7.59. The van der Waals surface area contributed by atoms with Crippen LogP contribution in [-0.4, -0.2) is 33.0 Å². The second-order valence-corrected chi connectivity index (χ2v) is 7.05. The van der Waals surface area contributed by atoms with Gasteiger partial charge in [0.1, 0.15) is 0 Å². The summed E-state index contributed by atoms with van der Waals surface area (Å²) < 4.78 is 0. The molecule has 0 heterocycles. The minimum atomic E-state index is -0.858. The molecular weight excluding hydrogens is 280 g/mol. The lowest BCUT2D eigenvalue weighted by atomic mass is 9.95. The van der Waals surface area contributed by atoms with Crippen molar-refractivity contribution in [2.45, 2.75) is 64.6 Å². The third kappa shape index (κ3) is 6.96. The van der Waals surface area contributed by atoms with Crippen LogP contribution in [0, 0.1) is 0 Å².